The number of sulfonamides is 1. The summed E-state index contributed by atoms with van der Waals surface area (Å²) < 4.78 is 36.4. The maximum atomic E-state index is 13.0. The van der Waals surface area contributed by atoms with Crippen molar-refractivity contribution in [2.75, 3.05) is 33.1 Å². The molecule has 25 heavy (non-hydrogen) atoms. The van der Waals surface area contributed by atoms with Gasteiger partial charge in [0.05, 0.1) is 20.0 Å². The van der Waals surface area contributed by atoms with E-state index in [1.807, 2.05) is 18.2 Å². The van der Waals surface area contributed by atoms with E-state index < -0.39 is 16.1 Å². The molecule has 7 nitrogen and oxygen atoms in total. The molecule has 138 valence electrons. The number of carbonyl (C=O) groups excluding carboxylic acids is 1. The molecule has 0 N–H and O–H groups in total. The van der Waals surface area contributed by atoms with Gasteiger partial charge in [0, 0.05) is 25.2 Å². The lowest BCUT2D eigenvalue weighted by Gasteiger charge is -2.31. The van der Waals surface area contributed by atoms with Crippen molar-refractivity contribution in [3.8, 4) is 11.5 Å². The van der Waals surface area contributed by atoms with Gasteiger partial charge in [-0.2, -0.15) is 4.31 Å². The van der Waals surface area contributed by atoms with Gasteiger partial charge in [-0.15, -0.1) is 0 Å². The van der Waals surface area contributed by atoms with Crippen molar-refractivity contribution in [2.45, 2.75) is 31.8 Å². The minimum absolute atomic E-state index is 0.126. The maximum Gasteiger partial charge on any atom is 0.241 e. The lowest BCUT2D eigenvalue weighted by molar-refractivity contribution is -0.135. The van der Waals surface area contributed by atoms with Crippen LogP contribution in [0.1, 0.15) is 24.8 Å². The van der Waals surface area contributed by atoms with Crippen LogP contribution >= 0.6 is 0 Å². The second kappa shape index (κ2) is 7.21. The van der Waals surface area contributed by atoms with E-state index in [9.17, 15) is 13.2 Å². The van der Waals surface area contributed by atoms with Crippen molar-refractivity contribution >= 4 is 15.9 Å². The van der Waals surface area contributed by atoms with Gasteiger partial charge >= 0.3 is 0 Å². The van der Waals surface area contributed by atoms with Gasteiger partial charge in [0.15, 0.2) is 11.5 Å². The van der Waals surface area contributed by atoms with Gasteiger partial charge in [-0.1, -0.05) is 12.1 Å². The topological polar surface area (TPSA) is 76.2 Å². The summed E-state index contributed by atoms with van der Waals surface area (Å²) in [6, 6.07) is 5.01. The lowest BCUT2D eigenvalue weighted by atomic mass is 10.1. The quantitative estimate of drug-likeness (QED) is 0.802. The molecule has 0 aromatic heterocycles. The number of nitrogens with zero attached hydrogens (tertiary/aromatic N) is 2. The van der Waals surface area contributed by atoms with Crippen molar-refractivity contribution in [1.29, 1.82) is 0 Å². The zero-order chi connectivity index (χ0) is 18.0. The van der Waals surface area contributed by atoms with Crippen LogP contribution in [-0.2, 0) is 21.4 Å². The summed E-state index contributed by atoms with van der Waals surface area (Å²) in [6.07, 6.45) is 3.14. The molecule has 0 saturated carbocycles. The fourth-order valence-electron chi connectivity index (χ4n) is 3.51. The van der Waals surface area contributed by atoms with E-state index in [1.54, 1.807) is 12.0 Å². The smallest absolute Gasteiger partial charge is 0.241 e. The molecule has 2 aliphatic heterocycles. The second-order valence-corrected chi connectivity index (χ2v) is 8.38. The molecule has 2 heterocycles. The first-order chi connectivity index (χ1) is 11.9. The molecule has 0 bridgehead atoms. The largest absolute Gasteiger partial charge is 0.493 e. The third-order valence-electron chi connectivity index (χ3n) is 4.69. The predicted molar refractivity (Wildman–Crippen MR) is 93.1 cm³/mol. The van der Waals surface area contributed by atoms with Gasteiger partial charge in [-0.05, 0) is 25.3 Å². The third kappa shape index (κ3) is 3.74. The van der Waals surface area contributed by atoms with Gasteiger partial charge in [0.1, 0.15) is 6.04 Å². The average Bonchev–Trinajstić information content (AvgIpc) is 3.04. The van der Waals surface area contributed by atoms with Crippen LogP contribution in [0.15, 0.2) is 18.2 Å². The van der Waals surface area contributed by atoms with Crippen LogP contribution in [-0.4, -0.2) is 62.6 Å². The van der Waals surface area contributed by atoms with Crippen molar-refractivity contribution in [1.82, 2.24) is 9.21 Å². The van der Waals surface area contributed by atoms with Crippen molar-refractivity contribution in [3.63, 3.8) is 0 Å². The minimum atomic E-state index is -3.38. The van der Waals surface area contributed by atoms with E-state index in [0.29, 0.717) is 57.0 Å². The van der Waals surface area contributed by atoms with E-state index in [-0.39, 0.29) is 5.91 Å². The molecular weight excluding hydrogens is 344 g/mol. The average molecular weight is 368 g/mol. The van der Waals surface area contributed by atoms with Crippen molar-refractivity contribution in [3.05, 3.63) is 23.8 Å². The Morgan fingerprint density at radius 2 is 2.08 bits per heavy atom. The fraction of sp³-hybridized carbons (Fsp3) is 0.588. The molecule has 1 aromatic rings. The van der Waals surface area contributed by atoms with Gasteiger partial charge < -0.3 is 14.4 Å². The van der Waals surface area contributed by atoms with E-state index in [4.69, 9.17) is 9.47 Å². The molecule has 3 rings (SSSR count). The second-order valence-electron chi connectivity index (χ2n) is 6.44. The van der Waals surface area contributed by atoms with Gasteiger partial charge in [0.25, 0.3) is 0 Å². The summed E-state index contributed by atoms with van der Waals surface area (Å²) in [6.45, 7) is 1.83. The Bertz CT molecular complexity index is 749. The molecule has 1 amide bonds. The number of rotatable bonds is 3. The highest BCUT2D eigenvalue weighted by molar-refractivity contribution is 7.88. The summed E-state index contributed by atoms with van der Waals surface area (Å²) >= 11 is 0. The summed E-state index contributed by atoms with van der Waals surface area (Å²) in [5, 5.41) is 0. The zero-order valence-corrected chi connectivity index (χ0v) is 15.4. The first-order valence-corrected chi connectivity index (χ1v) is 10.3. The number of para-hydroxylation sites is 1. The monoisotopic (exact) mass is 368 g/mol. The number of fused-ring (bicyclic) bond motifs is 1. The van der Waals surface area contributed by atoms with Crippen LogP contribution in [0.4, 0.5) is 0 Å². The third-order valence-corrected chi connectivity index (χ3v) is 5.98. The van der Waals surface area contributed by atoms with Gasteiger partial charge in [-0.3, -0.25) is 4.79 Å². The number of ether oxygens (including phenoxy) is 2. The Morgan fingerprint density at radius 1 is 1.28 bits per heavy atom. The van der Waals surface area contributed by atoms with Gasteiger partial charge in [0.2, 0.25) is 15.9 Å². The van der Waals surface area contributed by atoms with Crippen molar-refractivity contribution < 1.29 is 22.7 Å². The van der Waals surface area contributed by atoms with Gasteiger partial charge in [-0.25, -0.2) is 8.42 Å². The van der Waals surface area contributed by atoms with Crippen LogP contribution in [0, 0.1) is 0 Å². The highest BCUT2D eigenvalue weighted by atomic mass is 32.2. The highest BCUT2D eigenvalue weighted by Gasteiger charge is 2.38. The summed E-state index contributed by atoms with van der Waals surface area (Å²) in [5.74, 6) is 1.18. The van der Waals surface area contributed by atoms with Crippen LogP contribution in [0.2, 0.25) is 0 Å². The SMILES string of the molecule is COc1cccc2c1OCCCN(C(=O)C1CCCN1S(C)(=O)=O)C2. The number of hydrogen-bond donors (Lipinski definition) is 0. The van der Waals surface area contributed by atoms with Crippen LogP contribution in [0.25, 0.3) is 0 Å². The number of amides is 1. The molecule has 2 aliphatic rings. The molecular formula is C17H24N2O5S. The summed E-state index contributed by atoms with van der Waals surface area (Å²) in [5.41, 5.74) is 0.872. The Balaban J connectivity index is 1.85. The normalized spacial score (nSPS) is 21.8. The van der Waals surface area contributed by atoms with E-state index in [2.05, 4.69) is 0 Å². The van der Waals surface area contributed by atoms with E-state index >= 15 is 0 Å². The lowest BCUT2D eigenvalue weighted by Crippen LogP contribution is -2.47. The molecule has 1 fully saturated rings. The van der Waals surface area contributed by atoms with Crippen LogP contribution < -0.4 is 9.47 Å². The molecule has 1 aromatic carbocycles. The molecule has 0 radical (unpaired) electrons. The minimum Gasteiger partial charge on any atom is -0.493 e. The molecule has 1 atom stereocenters. The molecule has 0 aliphatic carbocycles. The number of hydrogen-bond acceptors (Lipinski definition) is 5. The molecule has 1 unspecified atom stereocenters. The fourth-order valence-corrected chi connectivity index (χ4v) is 4.63. The first-order valence-electron chi connectivity index (χ1n) is 8.46. The summed E-state index contributed by atoms with van der Waals surface area (Å²) in [4.78, 5) is 14.8. The number of carbonyl (C=O) groups is 1. The molecule has 0 spiro atoms. The van der Waals surface area contributed by atoms with E-state index in [0.717, 1.165) is 5.56 Å². The Morgan fingerprint density at radius 3 is 2.80 bits per heavy atom. The van der Waals surface area contributed by atoms with E-state index in [1.165, 1.54) is 10.6 Å². The van der Waals surface area contributed by atoms with Crippen LogP contribution in [0.3, 0.4) is 0 Å². The zero-order valence-electron chi connectivity index (χ0n) is 14.6. The summed E-state index contributed by atoms with van der Waals surface area (Å²) in [7, 11) is -1.80. The van der Waals surface area contributed by atoms with Crippen LogP contribution in [0.5, 0.6) is 11.5 Å². The Hall–Kier alpha value is -1.80. The number of benzene rings is 1. The standard InChI is InChI=1S/C17H24N2O5S/c1-23-15-8-3-6-13-12-18(9-5-11-24-16(13)15)17(20)14-7-4-10-19(14)25(2,21)22/h3,6,8,14H,4-5,7,9-12H2,1-2H3. The Kier molecular flexibility index (Phi) is 5.19. The molecule has 8 heteroatoms. The molecule has 1 saturated heterocycles. The predicted octanol–water partition coefficient (Wildman–Crippen LogP) is 1.23. The maximum absolute atomic E-state index is 13.0. The highest BCUT2D eigenvalue weighted by Crippen LogP contribution is 2.33. The number of methoxy groups -OCH3 is 1. The first kappa shape index (κ1) is 18.0. The Labute approximate surface area is 148 Å². The van der Waals surface area contributed by atoms with Crippen molar-refractivity contribution in [2.24, 2.45) is 0 Å².